The van der Waals surface area contributed by atoms with Crippen LogP contribution >= 0.6 is 0 Å². The molecule has 0 aromatic heterocycles. The van der Waals surface area contributed by atoms with E-state index in [1.165, 1.54) is 0 Å². The molecule has 0 saturated carbocycles. The first-order chi connectivity index (χ1) is 7.47. The molecule has 6 heteroatoms. The molecule has 1 aromatic rings. The number of hydrogen-bond donors (Lipinski definition) is 4. The van der Waals surface area contributed by atoms with E-state index in [0.717, 1.165) is 5.56 Å². The Morgan fingerprint density at radius 2 is 2.00 bits per heavy atom. The summed E-state index contributed by atoms with van der Waals surface area (Å²) in [6.07, 6.45) is -1.33. The second-order valence-electron chi connectivity index (χ2n) is 2.93. The number of carbonyl (C=O) groups is 1. The Morgan fingerprint density at radius 3 is 2.44 bits per heavy atom. The maximum atomic E-state index is 8.78. The summed E-state index contributed by atoms with van der Waals surface area (Å²) in [6.45, 7) is 3.21. The molecule has 0 aliphatic rings. The molecule has 6 nitrogen and oxygen atoms in total. The number of carboxylic acid groups (broad SMARTS) is 1. The quantitative estimate of drug-likeness (QED) is 0.573. The Kier molecular flexibility index (Phi) is 6.46. The van der Waals surface area contributed by atoms with Gasteiger partial charge in [0.25, 0.3) is 0 Å². The van der Waals surface area contributed by atoms with E-state index in [2.05, 4.69) is 5.73 Å². The Hall–Kier alpha value is -1.95. The molecule has 0 fully saturated rings. The van der Waals surface area contributed by atoms with Crippen molar-refractivity contribution in [2.75, 3.05) is 18.1 Å². The predicted octanol–water partition coefficient (Wildman–Crippen LogP) is 1.01. The van der Waals surface area contributed by atoms with Crippen LogP contribution in [0.5, 0.6) is 0 Å². The van der Waals surface area contributed by atoms with Gasteiger partial charge in [-0.1, -0.05) is 6.07 Å². The Morgan fingerprint density at radius 1 is 1.44 bits per heavy atom. The average molecular weight is 227 g/mol. The number of amides is 1. The largest absolute Gasteiger partial charge is 0.465 e. The summed E-state index contributed by atoms with van der Waals surface area (Å²) in [5.41, 5.74) is 17.6. The zero-order valence-electron chi connectivity index (χ0n) is 9.14. The fourth-order valence-electron chi connectivity index (χ4n) is 0.957. The summed E-state index contributed by atoms with van der Waals surface area (Å²) in [5, 5.41) is 7.19. The van der Waals surface area contributed by atoms with Gasteiger partial charge in [-0.3, -0.25) is 0 Å². The fraction of sp³-hybridized carbons (Fsp3) is 0.300. The van der Waals surface area contributed by atoms with Gasteiger partial charge in [-0.15, -0.1) is 0 Å². The van der Waals surface area contributed by atoms with Gasteiger partial charge in [0, 0.05) is 23.5 Å². The van der Waals surface area contributed by atoms with Crippen molar-refractivity contribution < 1.29 is 14.6 Å². The Balaban J connectivity index is 0.000000487. The lowest BCUT2D eigenvalue weighted by Gasteiger charge is -2.05. The summed E-state index contributed by atoms with van der Waals surface area (Å²) in [5.74, 6) is 0. The monoisotopic (exact) mass is 227 g/mol. The van der Waals surface area contributed by atoms with Crippen molar-refractivity contribution in [1.82, 2.24) is 0 Å². The van der Waals surface area contributed by atoms with Gasteiger partial charge in [-0.05, 0) is 19.1 Å². The van der Waals surface area contributed by atoms with E-state index in [4.69, 9.17) is 26.1 Å². The molecule has 0 spiro atoms. The molecule has 1 rings (SSSR count). The number of benzene rings is 1. The van der Waals surface area contributed by atoms with E-state index in [1.54, 1.807) is 6.07 Å². The molecule has 90 valence electrons. The molecule has 0 bridgehead atoms. The van der Waals surface area contributed by atoms with Gasteiger partial charge in [0.1, 0.15) is 0 Å². The molecular weight excluding hydrogens is 210 g/mol. The number of ether oxygens (including phenoxy) is 1. The lowest BCUT2D eigenvalue weighted by atomic mass is 10.2. The number of anilines is 2. The van der Waals surface area contributed by atoms with E-state index >= 15 is 0 Å². The molecular formula is C10H17N3O3. The van der Waals surface area contributed by atoms with Crippen LogP contribution in [0.1, 0.15) is 12.5 Å². The van der Waals surface area contributed by atoms with Crippen LogP contribution in [-0.4, -0.2) is 17.8 Å². The van der Waals surface area contributed by atoms with Crippen LogP contribution in [0.3, 0.4) is 0 Å². The SMILES string of the molecule is CCOCc1ccc(N)cc1N.NC(=O)O. The molecule has 0 radical (unpaired) electrons. The maximum Gasteiger partial charge on any atom is 0.402 e. The normalized spacial score (nSPS) is 9.06. The minimum absolute atomic E-state index is 0.558. The molecule has 0 aliphatic heterocycles. The first-order valence-corrected chi connectivity index (χ1v) is 4.67. The highest BCUT2D eigenvalue weighted by molar-refractivity contribution is 5.61. The van der Waals surface area contributed by atoms with Gasteiger partial charge in [-0.2, -0.15) is 0 Å². The predicted molar refractivity (Wildman–Crippen MR) is 62.8 cm³/mol. The van der Waals surface area contributed by atoms with Crippen molar-refractivity contribution in [2.24, 2.45) is 5.73 Å². The van der Waals surface area contributed by atoms with E-state index in [9.17, 15) is 0 Å². The van der Waals surface area contributed by atoms with Crippen molar-refractivity contribution in [1.29, 1.82) is 0 Å². The van der Waals surface area contributed by atoms with Crippen LogP contribution in [0.4, 0.5) is 16.2 Å². The van der Waals surface area contributed by atoms with Crippen molar-refractivity contribution in [2.45, 2.75) is 13.5 Å². The second kappa shape index (κ2) is 7.36. The lowest BCUT2D eigenvalue weighted by Crippen LogP contribution is -2.03. The maximum absolute atomic E-state index is 8.78. The van der Waals surface area contributed by atoms with Crippen LogP contribution in [-0.2, 0) is 11.3 Å². The molecule has 0 unspecified atom stereocenters. The van der Waals surface area contributed by atoms with E-state index in [1.807, 2.05) is 19.1 Å². The van der Waals surface area contributed by atoms with E-state index in [-0.39, 0.29) is 0 Å². The van der Waals surface area contributed by atoms with Crippen LogP contribution < -0.4 is 17.2 Å². The smallest absolute Gasteiger partial charge is 0.402 e. The zero-order chi connectivity index (χ0) is 12.6. The van der Waals surface area contributed by atoms with Crippen LogP contribution in [0.25, 0.3) is 0 Å². The minimum atomic E-state index is -1.33. The number of primary amides is 1. The van der Waals surface area contributed by atoms with Crippen LogP contribution in [0.15, 0.2) is 18.2 Å². The van der Waals surface area contributed by atoms with E-state index < -0.39 is 6.09 Å². The molecule has 16 heavy (non-hydrogen) atoms. The zero-order valence-corrected chi connectivity index (χ0v) is 9.14. The third kappa shape index (κ3) is 6.50. The first-order valence-electron chi connectivity index (χ1n) is 4.67. The van der Waals surface area contributed by atoms with Gasteiger partial charge in [-0.25, -0.2) is 4.79 Å². The van der Waals surface area contributed by atoms with Gasteiger partial charge in [0.15, 0.2) is 0 Å². The molecule has 0 aliphatic carbocycles. The van der Waals surface area contributed by atoms with Crippen molar-refractivity contribution in [3.8, 4) is 0 Å². The minimum Gasteiger partial charge on any atom is -0.465 e. The van der Waals surface area contributed by atoms with E-state index in [0.29, 0.717) is 24.6 Å². The average Bonchev–Trinajstić information content (AvgIpc) is 2.15. The molecule has 0 atom stereocenters. The van der Waals surface area contributed by atoms with Gasteiger partial charge in [0.2, 0.25) is 0 Å². The van der Waals surface area contributed by atoms with Gasteiger partial charge in [0.05, 0.1) is 6.61 Å². The standard InChI is InChI=1S/C9H14N2O.CH3NO2/c1-2-12-6-7-3-4-8(10)5-9(7)11;2-1(3)4/h3-5H,2,6,10-11H2,1H3;2H2,(H,3,4). The highest BCUT2D eigenvalue weighted by Crippen LogP contribution is 2.16. The number of nitrogen functional groups attached to an aromatic ring is 2. The fourth-order valence-corrected chi connectivity index (χ4v) is 0.957. The number of nitrogens with two attached hydrogens (primary N) is 3. The first kappa shape index (κ1) is 14.1. The molecule has 7 N–H and O–H groups in total. The number of rotatable bonds is 3. The molecule has 0 saturated heterocycles. The Labute approximate surface area is 94.0 Å². The van der Waals surface area contributed by atoms with Crippen molar-refractivity contribution >= 4 is 17.5 Å². The topological polar surface area (TPSA) is 125 Å². The third-order valence-corrected chi connectivity index (χ3v) is 1.63. The summed E-state index contributed by atoms with van der Waals surface area (Å²) in [6, 6.07) is 5.46. The van der Waals surface area contributed by atoms with Crippen molar-refractivity contribution in [3.63, 3.8) is 0 Å². The molecule has 1 amide bonds. The summed E-state index contributed by atoms with van der Waals surface area (Å²) in [7, 11) is 0. The summed E-state index contributed by atoms with van der Waals surface area (Å²) >= 11 is 0. The molecule has 0 heterocycles. The summed E-state index contributed by atoms with van der Waals surface area (Å²) in [4.78, 5) is 8.78. The number of hydrogen-bond acceptors (Lipinski definition) is 4. The lowest BCUT2D eigenvalue weighted by molar-refractivity contribution is 0.134. The Bertz CT molecular complexity index is 338. The highest BCUT2D eigenvalue weighted by Gasteiger charge is 1.98. The third-order valence-electron chi connectivity index (χ3n) is 1.63. The molecule has 1 aromatic carbocycles. The van der Waals surface area contributed by atoms with Gasteiger partial charge >= 0.3 is 6.09 Å². The van der Waals surface area contributed by atoms with Crippen LogP contribution in [0, 0.1) is 0 Å². The summed E-state index contributed by atoms with van der Waals surface area (Å²) < 4.78 is 5.22. The second-order valence-corrected chi connectivity index (χ2v) is 2.93. The highest BCUT2D eigenvalue weighted by atomic mass is 16.5. The van der Waals surface area contributed by atoms with Crippen LogP contribution in [0.2, 0.25) is 0 Å². The van der Waals surface area contributed by atoms with Crippen molar-refractivity contribution in [3.05, 3.63) is 23.8 Å². The van der Waals surface area contributed by atoms with Gasteiger partial charge < -0.3 is 27.0 Å².